The van der Waals surface area contributed by atoms with Crippen LogP contribution in [-0.4, -0.2) is 11.5 Å². The smallest absolute Gasteiger partial charge is 0.103 e. The molecule has 0 fully saturated rings. The average Bonchev–Trinajstić information content (AvgIpc) is 2.90. The van der Waals surface area contributed by atoms with Gasteiger partial charge in [-0.05, 0) is 32.9 Å². The van der Waals surface area contributed by atoms with Gasteiger partial charge in [0.2, 0.25) is 0 Å². The van der Waals surface area contributed by atoms with Gasteiger partial charge in [-0.2, -0.15) is 0 Å². The van der Waals surface area contributed by atoms with Crippen LogP contribution in [0.15, 0.2) is 36.5 Å². The zero-order chi connectivity index (χ0) is 13.9. The highest BCUT2D eigenvalue weighted by Crippen LogP contribution is 2.35. The average molecular weight is 274 g/mol. The molecule has 1 unspecified atom stereocenters. The highest BCUT2D eigenvalue weighted by Gasteiger charge is 2.27. The second-order valence-corrected chi connectivity index (χ2v) is 6.40. The van der Waals surface area contributed by atoms with Crippen LogP contribution in [0, 0.1) is 0 Å². The van der Waals surface area contributed by atoms with Crippen LogP contribution in [0.5, 0.6) is 0 Å². The van der Waals surface area contributed by atoms with E-state index >= 15 is 0 Å². The predicted molar refractivity (Wildman–Crippen MR) is 82.8 cm³/mol. The Morgan fingerprint density at radius 2 is 1.95 bits per heavy atom. The molecule has 0 spiro atoms. The first-order valence-electron chi connectivity index (χ1n) is 6.80. The Labute approximate surface area is 119 Å². The van der Waals surface area contributed by atoms with Crippen molar-refractivity contribution < 1.29 is 0 Å². The molecule has 0 bridgehead atoms. The van der Waals surface area contributed by atoms with Crippen molar-refractivity contribution in [2.45, 2.75) is 39.2 Å². The fourth-order valence-corrected chi connectivity index (χ4v) is 3.23. The molecule has 2 nitrogen and oxygen atoms in total. The first-order valence-corrected chi connectivity index (χ1v) is 7.62. The Morgan fingerprint density at radius 1 is 1.26 bits per heavy atom. The molecule has 102 valence electrons. The normalized spacial score (nSPS) is 13.5. The lowest BCUT2D eigenvalue weighted by atomic mass is 9.85. The van der Waals surface area contributed by atoms with Crippen molar-refractivity contribution in [1.29, 1.82) is 0 Å². The fourth-order valence-electron chi connectivity index (χ4n) is 2.16. The van der Waals surface area contributed by atoms with Crippen LogP contribution in [0.25, 0.3) is 0 Å². The third-order valence-electron chi connectivity index (χ3n) is 3.49. The number of nitrogens with one attached hydrogen (secondary N) is 1. The third-order valence-corrected chi connectivity index (χ3v) is 4.99. The van der Waals surface area contributed by atoms with Gasteiger partial charge in [-0.3, -0.25) is 0 Å². The minimum Gasteiger partial charge on any atom is -0.310 e. The van der Waals surface area contributed by atoms with Crippen LogP contribution in [-0.2, 0) is 5.41 Å². The Bertz CT molecular complexity index is 517. The quantitative estimate of drug-likeness (QED) is 0.886. The van der Waals surface area contributed by atoms with Crippen LogP contribution in [0.4, 0.5) is 0 Å². The molecule has 0 aliphatic rings. The van der Waals surface area contributed by atoms with Gasteiger partial charge in [-0.15, -0.1) is 11.3 Å². The van der Waals surface area contributed by atoms with E-state index in [9.17, 15) is 0 Å². The molecule has 3 heteroatoms. The minimum absolute atomic E-state index is 0.0316. The summed E-state index contributed by atoms with van der Waals surface area (Å²) in [5, 5.41) is 4.62. The molecule has 1 heterocycles. The molecule has 0 amide bonds. The SMILES string of the molecule is CCNC(C)c1cnc(C(C)(C)c2ccccc2)s1. The zero-order valence-corrected chi connectivity index (χ0v) is 12.9. The van der Waals surface area contributed by atoms with Gasteiger partial charge >= 0.3 is 0 Å². The molecule has 1 N–H and O–H groups in total. The van der Waals surface area contributed by atoms with Crippen LogP contribution in [0.3, 0.4) is 0 Å². The molecule has 0 saturated heterocycles. The Kier molecular flexibility index (Phi) is 4.38. The zero-order valence-electron chi connectivity index (χ0n) is 12.1. The van der Waals surface area contributed by atoms with Crippen molar-refractivity contribution in [3.8, 4) is 0 Å². The van der Waals surface area contributed by atoms with Crippen LogP contribution in [0.2, 0.25) is 0 Å². The Hall–Kier alpha value is -1.19. The van der Waals surface area contributed by atoms with Crippen molar-refractivity contribution in [3.63, 3.8) is 0 Å². The molecule has 2 aromatic rings. The molecule has 0 saturated carbocycles. The van der Waals surface area contributed by atoms with Crippen LogP contribution in [0.1, 0.15) is 49.2 Å². The van der Waals surface area contributed by atoms with Gasteiger partial charge < -0.3 is 5.32 Å². The summed E-state index contributed by atoms with van der Waals surface area (Å²) < 4.78 is 0. The molecule has 0 aliphatic carbocycles. The second-order valence-electron chi connectivity index (χ2n) is 5.34. The standard InChI is InChI=1S/C16H22N2S/c1-5-17-12(2)14-11-18-15(19-14)16(3,4)13-9-7-6-8-10-13/h6-12,17H,5H2,1-4H3. The largest absolute Gasteiger partial charge is 0.310 e. The first-order chi connectivity index (χ1) is 9.05. The number of hydrogen-bond acceptors (Lipinski definition) is 3. The summed E-state index contributed by atoms with van der Waals surface area (Å²) in [5.74, 6) is 0. The molecule has 1 aromatic heterocycles. The number of nitrogens with zero attached hydrogens (tertiary/aromatic N) is 1. The summed E-state index contributed by atoms with van der Waals surface area (Å²) in [4.78, 5) is 5.95. The third kappa shape index (κ3) is 3.04. The summed E-state index contributed by atoms with van der Waals surface area (Å²) in [5.41, 5.74) is 1.28. The maximum Gasteiger partial charge on any atom is 0.103 e. The summed E-state index contributed by atoms with van der Waals surface area (Å²) in [6.45, 7) is 9.78. The van der Waals surface area contributed by atoms with Crippen molar-refractivity contribution in [3.05, 3.63) is 52.0 Å². The van der Waals surface area contributed by atoms with Gasteiger partial charge in [0.05, 0.1) is 0 Å². The topological polar surface area (TPSA) is 24.9 Å². The van der Waals surface area contributed by atoms with Gasteiger partial charge in [0, 0.05) is 22.5 Å². The van der Waals surface area contributed by atoms with E-state index in [1.54, 1.807) is 0 Å². The molecular weight excluding hydrogens is 252 g/mol. The fraction of sp³-hybridized carbons (Fsp3) is 0.438. The molecule has 19 heavy (non-hydrogen) atoms. The highest BCUT2D eigenvalue weighted by molar-refractivity contribution is 7.11. The van der Waals surface area contributed by atoms with Crippen molar-refractivity contribution in [2.75, 3.05) is 6.54 Å². The molecule has 0 aliphatic heterocycles. The van der Waals surface area contributed by atoms with Crippen LogP contribution < -0.4 is 5.32 Å². The van der Waals surface area contributed by atoms with E-state index in [0.29, 0.717) is 6.04 Å². The van der Waals surface area contributed by atoms with Crippen molar-refractivity contribution in [1.82, 2.24) is 10.3 Å². The lowest BCUT2D eigenvalue weighted by Crippen LogP contribution is -2.18. The monoisotopic (exact) mass is 274 g/mol. The van der Waals surface area contributed by atoms with E-state index in [2.05, 4.69) is 68.3 Å². The summed E-state index contributed by atoms with van der Waals surface area (Å²) >= 11 is 1.81. The van der Waals surface area contributed by atoms with E-state index in [1.165, 1.54) is 15.4 Å². The van der Waals surface area contributed by atoms with E-state index in [0.717, 1.165) is 6.54 Å². The van der Waals surface area contributed by atoms with E-state index in [1.807, 2.05) is 17.5 Å². The number of thiazole rings is 1. The van der Waals surface area contributed by atoms with E-state index in [4.69, 9.17) is 0 Å². The molecule has 0 radical (unpaired) electrons. The lowest BCUT2D eigenvalue weighted by molar-refractivity contribution is 0.606. The lowest BCUT2D eigenvalue weighted by Gasteiger charge is -2.22. The van der Waals surface area contributed by atoms with E-state index in [-0.39, 0.29) is 5.41 Å². The van der Waals surface area contributed by atoms with Gasteiger partial charge in [0.15, 0.2) is 0 Å². The maximum absolute atomic E-state index is 4.65. The van der Waals surface area contributed by atoms with Gasteiger partial charge in [0.1, 0.15) is 5.01 Å². The molecular formula is C16H22N2S. The molecule has 2 rings (SSSR count). The maximum atomic E-state index is 4.65. The highest BCUT2D eigenvalue weighted by atomic mass is 32.1. The molecule has 1 atom stereocenters. The Balaban J connectivity index is 2.27. The second kappa shape index (κ2) is 5.85. The molecule has 1 aromatic carbocycles. The first kappa shape index (κ1) is 14.2. The predicted octanol–water partition coefficient (Wildman–Crippen LogP) is 4.14. The Morgan fingerprint density at radius 3 is 2.58 bits per heavy atom. The number of rotatable bonds is 5. The number of aromatic nitrogens is 1. The van der Waals surface area contributed by atoms with Crippen LogP contribution >= 0.6 is 11.3 Å². The number of benzene rings is 1. The van der Waals surface area contributed by atoms with Crippen molar-refractivity contribution in [2.24, 2.45) is 0 Å². The van der Waals surface area contributed by atoms with Gasteiger partial charge in [-0.25, -0.2) is 4.98 Å². The van der Waals surface area contributed by atoms with E-state index < -0.39 is 0 Å². The summed E-state index contributed by atoms with van der Waals surface area (Å²) in [6, 6.07) is 11.0. The summed E-state index contributed by atoms with van der Waals surface area (Å²) in [7, 11) is 0. The minimum atomic E-state index is -0.0316. The van der Waals surface area contributed by atoms with Gasteiger partial charge in [0.25, 0.3) is 0 Å². The summed E-state index contributed by atoms with van der Waals surface area (Å²) in [6.07, 6.45) is 2.01. The van der Waals surface area contributed by atoms with Gasteiger partial charge in [-0.1, -0.05) is 37.3 Å². The van der Waals surface area contributed by atoms with Crippen molar-refractivity contribution >= 4 is 11.3 Å². The number of hydrogen-bond donors (Lipinski definition) is 1.